The summed E-state index contributed by atoms with van der Waals surface area (Å²) < 4.78 is 5.62. The van der Waals surface area contributed by atoms with E-state index in [-0.39, 0.29) is 5.63 Å². The summed E-state index contributed by atoms with van der Waals surface area (Å²) in [5.74, 6) is 0. The van der Waals surface area contributed by atoms with E-state index in [1.165, 1.54) is 0 Å². The molecule has 4 nitrogen and oxygen atoms in total. The maximum atomic E-state index is 12.6. The Balaban J connectivity index is 2.17. The molecule has 1 aromatic heterocycles. The highest BCUT2D eigenvalue weighted by Gasteiger charge is 2.14. The normalized spacial score (nSPS) is 10.6. The van der Waals surface area contributed by atoms with Crippen molar-refractivity contribution in [2.75, 3.05) is 18.0 Å². The predicted octanol–water partition coefficient (Wildman–Crippen LogP) is 4.49. The van der Waals surface area contributed by atoms with Crippen molar-refractivity contribution in [2.24, 2.45) is 0 Å². The predicted molar refractivity (Wildman–Crippen MR) is 101 cm³/mol. The van der Waals surface area contributed by atoms with Crippen LogP contribution in [-0.4, -0.2) is 13.1 Å². The molecule has 0 aliphatic rings. The van der Waals surface area contributed by atoms with Crippen molar-refractivity contribution < 1.29 is 4.42 Å². The number of nitriles is 1. The molecule has 0 amide bonds. The van der Waals surface area contributed by atoms with E-state index in [2.05, 4.69) is 30.9 Å². The van der Waals surface area contributed by atoms with E-state index in [1.54, 1.807) is 24.3 Å². The Morgan fingerprint density at radius 3 is 2.36 bits per heavy atom. The van der Waals surface area contributed by atoms with Gasteiger partial charge in [0.2, 0.25) is 0 Å². The first kappa shape index (κ1) is 16.8. The van der Waals surface area contributed by atoms with Gasteiger partial charge in [-0.1, -0.05) is 12.1 Å². The number of nitrogens with zero attached hydrogens (tertiary/aromatic N) is 2. The smallest absolute Gasteiger partial charge is 0.344 e. The average molecular weight is 332 g/mol. The van der Waals surface area contributed by atoms with Crippen LogP contribution < -0.4 is 10.5 Å². The van der Waals surface area contributed by atoms with Crippen LogP contribution in [0.4, 0.5) is 5.69 Å². The Kier molecular flexibility index (Phi) is 4.58. The second-order valence-electron chi connectivity index (χ2n) is 5.93. The van der Waals surface area contributed by atoms with Crippen molar-refractivity contribution in [1.82, 2.24) is 0 Å². The molecule has 3 aromatic rings. The lowest BCUT2D eigenvalue weighted by Crippen LogP contribution is -2.21. The van der Waals surface area contributed by atoms with Gasteiger partial charge in [0.15, 0.2) is 0 Å². The molecule has 0 spiro atoms. The molecule has 126 valence electrons. The molecule has 0 fully saturated rings. The van der Waals surface area contributed by atoms with Crippen LogP contribution in [0.2, 0.25) is 0 Å². The van der Waals surface area contributed by atoms with Gasteiger partial charge in [-0.3, -0.25) is 0 Å². The van der Waals surface area contributed by atoms with Crippen molar-refractivity contribution in [3.05, 3.63) is 64.0 Å². The van der Waals surface area contributed by atoms with E-state index < -0.39 is 0 Å². The molecule has 0 bridgehead atoms. The molecular weight excluding hydrogens is 312 g/mol. The van der Waals surface area contributed by atoms with Gasteiger partial charge >= 0.3 is 5.63 Å². The fourth-order valence-corrected chi connectivity index (χ4v) is 3.18. The highest BCUT2D eigenvalue weighted by Crippen LogP contribution is 2.29. The van der Waals surface area contributed by atoms with Crippen LogP contribution in [0, 0.1) is 18.3 Å². The minimum absolute atomic E-state index is 0.355. The van der Waals surface area contributed by atoms with Crippen molar-refractivity contribution in [2.45, 2.75) is 20.8 Å². The van der Waals surface area contributed by atoms with E-state index in [0.717, 1.165) is 35.3 Å². The summed E-state index contributed by atoms with van der Waals surface area (Å²) in [6, 6.07) is 15.1. The van der Waals surface area contributed by atoms with Crippen LogP contribution in [0.5, 0.6) is 0 Å². The van der Waals surface area contributed by atoms with Crippen molar-refractivity contribution >= 4 is 16.7 Å². The second kappa shape index (κ2) is 6.82. The molecule has 0 saturated carbocycles. The third-order valence-electron chi connectivity index (χ3n) is 4.58. The zero-order valence-corrected chi connectivity index (χ0v) is 14.7. The number of hydrogen-bond acceptors (Lipinski definition) is 4. The molecule has 4 heteroatoms. The molecule has 0 aliphatic carbocycles. The number of hydrogen-bond donors (Lipinski definition) is 0. The van der Waals surface area contributed by atoms with E-state index in [9.17, 15) is 4.79 Å². The third-order valence-corrected chi connectivity index (χ3v) is 4.58. The lowest BCUT2D eigenvalue weighted by atomic mass is 9.98. The number of rotatable bonds is 4. The summed E-state index contributed by atoms with van der Waals surface area (Å²) in [6.45, 7) is 7.93. The molecule has 0 atom stereocenters. The summed E-state index contributed by atoms with van der Waals surface area (Å²) in [5, 5.41) is 9.85. The van der Waals surface area contributed by atoms with Crippen LogP contribution >= 0.6 is 0 Å². The quantitative estimate of drug-likeness (QED) is 0.661. The highest BCUT2D eigenvalue weighted by molar-refractivity contribution is 5.88. The SMILES string of the molecule is CCN(CC)c1ccc2c(C)c(-c3ccc(C#N)cc3)c(=O)oc2c1. The Bertz CT molecular complexity index is 1010. The van der Waals surface area contributed by atoms with Gasteiger partial charge < -0.3 is 9.32 Å². The molecular formula is C21H20N2O2. The van der Waals surface area contributed by atoms with Gasteiger partial charge in [0, 0.05) is 30.2 Å². The molecule has 0 N–H and O–H groups in total. The first-order valence-corrected chi connectivity index (χ1v) is 8.42. The first-order valence-electron chi connectivity index (χ1n) is 8.42. The zero-order valence-electron chi connectivity index (χ0n) is 14.7. The topological polar surface area (TPSA) is 57.2 Å². The molecule has 0 unspecified atom stereocenters. The molecule has 3 rings (SSSR count). The first-order chi connectivity index (χ1) is 12.1. The number of benzene rings is 2. The largest absolute Gasteiger partial charge is 0.422 e. The zero-order chi connectivity index (χ0) is 18.0. The van der Waals surface area contributed by atoms with Gasteiger partial charge in [-0.25, -0.2) is 4.79 Å². The monoisotopic (exact) mass is 332 g/mol. The summed E-state index contributed by atoms with van der Waals surface area (Å²) in [7, 11) is 0. The molecule has 0 saturated heterocycles. The summed E-state index contributed by atoms with van der Waals surface area (Å²) in [5.41, 5.74) is 4.06. The van der Waals surface area contributed by atoms with Gasteiger partial charge in [-0.15, -0.1) is 0 Å². The Labute approximate surface area is 146 Å². The van der Waals surface area contributed by atoms with E-state index in [1.807, 2.05) is 19.1 Å². The molecule has 0 aliphatic heterocycles. The standard InChI is InChI=1S/C21H20N2O2/c1-4-23(5-2)17-10-11-18-14(3)20(21(24)25-19(18)12-17)16-8-6-15(13-22)7-9-16/h6-12H,4-5H2,1-3H3. The molecule has 0 radical (unpaired) electrons. The number of aryl methyl sites for hydroxylation is 1. The van der Waals surface area contributed by atoms with Crippen LogP contribution in [0.15, 0.2) is 51.7 Å². The summed E-state index contributed by atoms with van der Waals surface area (Å²) in [6.07, 6.45) is 0. The lowest BCUT2D eigenvalue weighted by molar-refractivity contribution is 0.562. The summed E-state index contributed by atoms with van der Waals surface area (Å²) >= 11 is 0. The second-order valence-corrected chi connectivity index (χ2v) is 5.93. The van der Waals surface area contributed by atoms with Gasteiger partial charge in [-0.05, 0) is 56.2 Å². The van der Waals surface area contributed by atoms with E-state index >= 15 is 0 Å². The minimum atomic E-state index is -0.355. The van der Waals surface area contributed by atoms with Crippen LogP contribution in [0.1, 0.15) is 25.0 Å². The number of anilines is 1. The molecule has 25 heavy (non-hydrogen) atoms. The lowest BCUT2D eigenvalue weighted by Gasteiger charge is -2.21. The Hall–Kier alpha value is -3.06. The average Bonchev–Trinajstić information content (AvgIpc) is 2.63. The van der Waals surface area contributed by atoms with Gasteiger partial charge in [0.05, 0.1) is 17.2 Å². The van der Waals surface area contributed by atoms with Crippen LogP contribution in [0.3, 0.4) is 0 Å². The maximum absolute atomic E-state index is 12.6. The van der Waals surface area contributed by atoms with Crippen molar-refractivity contribution in [3.63, 3.8) is 0 Å². The maximum Gasteiger partial charge on any atom is 0.344 e. The van der Waals surface area contributed by atoms with Gasteiger partial charge in [-0.2, -0.15) is 5.26 Å². The fraction of sp³-hybridized carbons (Fsp3) is 0.238. The Morgan fingerprint density at radius 1 is 1.08 bits per heavy atom. The van der Waals surface area contributed by atoms with E-state index in [4.69, 9.17) is 9.68 Å². The highest BCUT2D eigenvalue weighted by atomic mass is 16.4. The Morgan fingerprint density at radius 2 is 1.76 bits per heavy atom. The van der Waals surface area contributed by atoms with Crippen LogP contribution in [-0.2, 0) is 0 Å². The third kappa shape index (κ3) is 3.01. The van der Waals surface area contributed by atoms with Crippen molar-refractivity contribution in [3.8, 4) is 17.2 Å². The van der Waals surface area contributed by atoms with Gasteiger partial charge in [0.1, 0.15) is 5.58 Å². The molecule has 1 heterocycles. The van der Waals surface area contributed by atoms with Gasteiger partial charge in [0.25, 0.3) is 0 Å². The minimum Gasteiger partial charge on any atom is -0.422 e. The fourth-order valence-electron chi connectivity index (χ4n) is 3.18. The van der Waals surface area contributed by atoms with Crippen LogP contribution in [0.25, 0.3) is 22.1 Å². The number of fused-ring (bicyclic) bond motifs is 1. The van der Waals surface area contributed by atoms with E-state index in [0.29, 0.717) is 16.7 Å². The van der Waals surface area contributed by atoms with Crippen molar-refractivity contribution in [1.29, 1.82) is 5.26 Å². The summed E-state index contributed by atoms with van der Waals surface area (Å²) in [4.78, 5) is 14.8. The molecule has 2 aromatic carbocycles.